The van der Waals surface area contributed by atoms with Crippen molar-refractivity contribution in [1.29, 1.82) is 0 Å². The van der Waals surface area contributed by atoms with Crippen LogP contribution < -0.4 is 5.32 Å². The quantitative estimate of drug-likeness (QED) is 0.843. The topological polar surface area (TPSA) is 12.0 Å². The van der Waals surface area contributed by atoms with Crippen LogP contribution in [0, 0.1) is 6.92 Å². The molecule has 0 aromatic heterocycles. The van der Waals surface area contributed by atoms with Crippen LogP contribution in [0.5, 0.6) is 0 Å². The second-order valence-corrected chi connectivity index (χ2v) is 5.93. The fourth-order valence-electron chi connectivity index (χ4n) is 1.80. The van der Waals surface area contributed by atoms with Crippen LogP contribution in [0.2, 0.25) is 0 Å². The molecular weight excluding hydrogens is 262 g/mol. The molecule has 0 spiro atoms. The smallest absolute Gasteiger partial charge is 0.0210 e. The lowest BCUT2D eigenvalue weighted by Crippen LogP contribution is -2.38. The fraction of sp³-hybridized carbons (Fsp3) is 0.571. The van der Waals surface area contributed by atoms with Gasteiger partial charge in [-0.25, -0.2) is 0 Å². The summed E-state index contributed by atoms with van der Waals surface area (Å²) in [6.45, 7) is 9.81. The van der Waals surface area contributed by atoms with E-state index in [1.807, 2.05) is 0 Å². The number of hydrogen-bond donors (Lipinski definition) is 1. The average Bonchev–Trinajstić information content (AvgIpc) is 2.20. The Hall–Kier alpha value is -0.340. The maximum Gasteiger partial charge on any atom is 0.0210 e. The molecule has 1 N–H and O–H groups in total. The molecule has 0 saturated heterocycles. The van der Waals surface area contributed by atoms with Crippen molar-refractivity contribution in [3.8, 4) is 0 Å². The standard InChI is InChI=1S/C14H22BrN/c1-5-8-14(3,4)16-10-12-7-6-11(2)13(15)9-12/h6-7,9,16H,5,8,10H2,1-4H3. The van der Waals surface area contributed by atoms with Crippen LogP contribution in [-0.2, 0) is 6.54 Å². The number of benzene rings is 1. The fourth-order valence-corrected chi connectivity index (χ4v) is 2.23. The van der Waals surface area contributed by atoms with Gasteiger partial charge in [0.1, 0.15) is 0 Å². The molecule has 16 heavy (non-hydrogen) atoms. The third-order valence-corrected chi connectivity index (χ3v) is 3.74. The van der Waals surface area contributed by atoms with Crippen LogP contribution in [-0.4, -0.2) is 5.54 Å². The van der Waals surface area contributed by atoms with Gasteiger partial charge in [-0.15, -0.1) is 0 Å². The van der Waals surface area contributed by atoms with E-state index in [4.69, 9.17) is 0 Å². The van der Waals surface area contributed by atoms with Gasteiger partial charge in [-0.2, -0.15) is 0 Å². The predicted octanol–water partition coefficient (Wildman–Crippen LogP) is 4.43. The zero-order valence-electron chi connectivity index (χ0n) is 10.7. The first-order chi connectivity index (χ1) is 7.44. The summed E-state index contributed by atoms with van der Waals surface area (Å²) in [4.78, 5) is 0. The molecule has 0 saturated carbocycles. The molecule has 90 valence electrons. The van der Waals surface area contributed by atoms with Crippen LogP contribution in [0.25, 0.3) is 0 Å². The second-order valence-electron chi connectivity index (χ2n) is 5.07. The molecule has 0 radical (unpaired) electrons. The average molecular weight is 284 g/mol. The summed E-state index contributed by atoms with van der Waals surface area (Å²) in [6.07, 6.45) is 2.43. The summed E-state index contributed by atoms with van der Waals surface area (Å²) in [5.74, 6) is 0. The normalized spacial score (nSPS) is 11.8. The lowest BCUT2D eigenvalue weighted by atomic mass is 9.98. The minimum absolute atomic E-state index is 0.228. The first kappa shape index (κ1) is 13.7. The van der Waals surface area contributed by atoms with Crippen LogP contribution in [0.3, 0.4) is 0 Å². The van der Waals surface area contributed by atoms with Gasteiger partial charge in [0.25, 0.3) is 0 Å². The van der Waals surface area contributed by atoms with Gasteiger partial charge in [-0.1, -0.05) is 41.4 Å². The first-order valence-electron chi connectivity index (χ1n) is 5.94. The van der Waals surface area contributed by atoms with Crippen molar-refractivity contribution in [2.75, 3.05) is 0 Å². The third kappa shape index (κ3) is 4.26. The molecule has 0 atom stereocenters. The molecule has 1 nitrogen and oxygen atoms in total. The molecule has 0 fully saturated rings. The molecule has 1 aromatic carbocycles. The Labute approximate surface area is 108 Å². The highest BCUT2D eigenvalue weighted by Gasteiger charge is 2.14. The second kappa shape index (κ2) is 5.83. The van der Waals surface area contributed by atoms with Crippen molar-refractivity contribution >= 4 is 15.9 Å². The van der Waals surface area contributed by atoms with Gasteiger partial charge in [0.2, 0.25) is 0 Å². The van der Waals surface area contributed by atoms with E-state index in [1.54, 1.807) is 0 Å². The Bertz CT molecular complexity index is 345. The minimum atomic E-state index is 0.228. The van der Waals surface area contributed by atoms with Crippen molar-refractivity contribution in [1.82, 2.24) is 5.32 Å². The van der Waals surface area contributed by atoms with Gasteiger partial charge >= 0.3 is 0 Å². The van der Waals surface area contributed by atoms with Gasteiger partial charge in [0, 0.05) is 16.6 Å². The molecule has 0 aliphatic heterocycles. The van der Waals surface area contributed by atoms with E-state index in [0.717, 1.165) is 6.54 Å². The van der Waals surface area contributed by atoms with Crippen molar-refractivity contribution < 1.29 is 0 Å². The summed E-state index contributed by atoms with van der Waals surface area (Å²) in [6, 6.07) is 6.55. The largest absolute Gasteiger partial charge is 0.308 e. The summed E-state index contributed by atoms with van der Waals surface area (Å²) >= 11 is 3.57. The first-order valence-corrected chi connectivity index (χ1v) is 6.74. The molecule has 0 unspecified atom stereocenters. The predicted molar refractivity (Wildman–Crippen MR) is 74.7 cm³/mol. The Morgan fingerprint density at radius 3 is 2.56 bits per heavy atom. The van der Waals surface area contributed by atoms with Gasteiger partial charge in [-0.05, 0) is 44.4 Å². The van der Waals surface area contributed by atoms with Gasteiger partial charge in [0.05, 0.1) is 0 Å². The molecular formula is C14H22BrN. The molecule has 1 aromatic rings. The third-order valence-electron chi connectivity index (χ3n) is 2.88. The lowest BCUT2D eigenvalue weighted by Gasteiger charge is -2.26. The summed E-state index contributed by atoms with van der Waals surface area (Å²) in [5, 5.41) is 3.60. The van der Waals surface area contributed by atoms with E-state index < -0.39 is 0 Å². The molecule has 0 heterocycles. The van der Waals surface area contributed by atoms with Crippen LogP contribution in [0.1, 0.15) is 44.7 Å². The van der Waals surface area contributed by atoms with Gasteiger partial charge in [0.15, 0.2) is 0 Å². The highest BCUT2D eigenvalue weighted by Crippen LogP contribution is 2.18. The molecule has 0 aliphatic rings. The number of hydrogen-bond acceptors (Lipinski definition) is 1. The summed E-state index contributed by atoms with van der Waals surface area (Å²) < 4.78 is 1.19. The van der Waals surface area contributed by atoms with Crippen molar-refractivity contribution in [3.63, 3.8) is 0 Å². The van der Waals surface area contributed by atoms with E-state index in [9.17, 15) is 0 Å². The molecule has 1 rings (SSSR count). The highest BCUT2D eigenvalue weighted by molar-refractivity contribution is 9.10. The van der Waals surface area contributed by atoms with Crippen LogP contribution >= 0.6 is 15.9 Å². The maximum absolute atomic E-state index is 3.60. The molecule has 0 bridgehead atoms. The van der Waals surface area contributed by atoms with Crippen molar-refractivity contribution in [2.45, 2.75) is 52.6 Å². The molecule has 0 aliphatic carbocycles. The Balaban J connectivity index is 2.57. The van der Waals surface area contributed by atoms with Crippen molar-refractivity contribution in [2.24, 2.45) is 0 Å². The van der Waals surface area contributed by atoms with E-state index in [2.05, 4.69) is 67.1 Å². The SMILES string of the molecule is CCCC(C)(C)NCc1ccc(C)c(Br)c1. The Morgan fingerprint density at radius 2 is 2.00 bits per heavy atom. The maximum atomic E-state index is 3.60. The Kier molecular flexibility index (Phi) is 5.00. The Morgan fingerprint density at radius 1 is 1.31 bits per heavy atom. The number of nitrogens with one attached hydrogen (secondary N) is 1. The van der Waals surface area contributed by atoms with Crippen LogP contribution in [0.4, 0.5) is 0 Å². The van der Waals surface area contributed by atoms with Crippen molar-refractivity contribution in [3.05, 3.63) is 33.8 Å². The zero-order chi connectivity index (χ0) is 12.2. The van der Waals surface area contributed by atoms with Gasteiger partial charge in [-0.3, -0.25) is 0 Å². The molecule has 0 amide bonds. The van der Waals surface area contributed by atoms with Gasteiger partial charge < -0.3 is 5.32 Å². The summed E-state index contributed by atoms with van der Waals surface area (Å²) in [5.41, 5.74) is 2.85. The van der Waals surface area contributed by atoms with E-state index in [-0.39, 0.29) is 5.54 Å². The summed E-state index contributed by atoms with van der Waals surface area (Å²) in [7, 11) is 0. The van der Waals surface area contributed by atoms with Crippen LogP contribution in [0.15, 0.2) is 22.7 Å². The van der Waals surface area contributed by atoms with E-state index in [1.165, 1.54) is 28.4 Å². The lowest BCUT2D eigenvalue weighted by molar-refractivity contribution is 0.357. The zero-order valence-corrected chi connectivity index (χ0v) is 12.3. The number of aryl methyl sites for hydroxylation is 1. The monoisotopic (exact) mass is 283 g/mol. The van der Waals surface area contributed by atoms with E-state index in [0.29, 0.717) is 0 Å². The molecule has 2 heteroatoms. The highest BCUT2D eigenvalue weighted by atomic mass is 79.9. The number of halogens is 1. The number of rotatable bonds is 5. The van der Waals surface area contributed by atoms with E-state index >= 15 is 0 Å². The minimum Gasteiger partial charge on any atom is -0.308 e.